The summed E-state index contributed by atoms with van der Waals surface area (Å²) in [7, 11) is 0. The van der Waals surface area contributed by atoms with Crippen LogP contribution in [0.2, 0.25) is 0 Å². The second-order valence-electron chi connectivity index (χ2n) is 5.71. The Morgan fingerprint density at radius 2 is 1.48 bits per heavy atom. The van der Waals surface area contributed by atoms with E-state index in [0.29, 0.717) is 0 Å². The highest BCUT2D eigenvalue weighted by Gasteiger charge is 2.07. The SMILES string of the molecule is Cc1cc(C)cc(Oc2cc(C)nc3ccc(C)cc23)c1. The Hall–Kier alpha value is -2.35. The zero-order valence-electron chi connectivity index (χ0n) is 12.9. The van der Waals surface area contributed by atoms with Crippen molar-refractivity contribution in [3.63, 3.8) is 0 Å². The average Bonchev–Trinajstić information content (AvgIpc) is 2.38. The number of hydrogen-bond acceptors (Lipinski definition) is 2. The molecule has 0 aliphatic carbocycles. The van der Waals surface area contributed by atoms with E-state index in [2.05, 4.69) is 56.1 Å². The first kappa shape index (κ1) is 13.6. The van der Waals surface area contributed by atoms with Crippen LogP contribution in [0.15, 0.2) is 42.5 Å². The normalized spacial score (nSPS) is 10.9. The summed E-state index contributed by atoms with van der Waals surface area (Å²) in [5.41, 5.74) is 5.55. The molecular formula is C19H19NO. The molecule has 2 aromatic carbocycles. The van der Waals surface area contributed by atoms with Gasteiger partial charge in [-0.3, -0.25) is 4.98 Å². The number of rotatable bonds is 2. The maximum absolute atomic E-state index is 6.15. The lowest BCUT2D eigenvalue weighted by Crippen LogP contribution is -1.92. The molecule has 0 amide bonds. The Labute approximate surface area is 125 Å². The average molecular weight is 277 g/mol. The molecule has 0 saturated carbocycles. The first-order valence-corrected chi connectivity index (χ1v) is 7.15. The minimum atomic E-state index is 0.867. The van der Waals surface area contributed by atoms with Crippen LogP contribution in [0.5, 0.6) is 11.5 Å². The number of benzene rings is 2. The summed E-state index contributed by atoms with van der Waals surface area (Å²) in [5, 5.41) is 1.06. The van der Waals surface area contributed by atoms with Crippen molar-refractivity contribution in [3.05, 3.63) is 64.8 Å². The summed E-state index contributed by atoms with van der Waals surface area (Å²) in [5.74, 6) is 1.74. The molecule has 0 fully saturated rings. The van der Waals surface area contributed by atoms with E-state index in [-0.39, 0.29) is 0 Å². The van der Waals surface area contributed by atoms with E-state index in [1.807, 2.05) is 19.1 Å². The molecule has 0 atom stereocenters. The molecule has 3 aromatic rings. The van der Waals surface area contributed by atoms with Crippen LogP contribution in [0, 0.1) is 27.7 Å². The fourth-order valence-electron chi connectivity index (χ4n) is 2.64. The Kier molecular flexibility index (Phi) is 3.38. The van der Waals surface area contributed by atoms with Crippen molar-refractivity contribution in [3.8, 4) is 11.5 Å². The van der Waals surface area contributed by atoms with E-state index in [1.54, 1.807) is 0 Å². The number of aryl methyl sites for hydroxylation is 4. The predicted molar refractivity (Wildman–Crippen MR) is 87.2 cm³/mol. The second kappa shape index (κ2) is 5.21. The lowest BCUT2D eigenvalue weighted by Gasteiger charge is -2.12. The van der Waals surface area contributed by atoms with Gasteiger partial charge in [0.1, 0.15) is 11.5 Å². The van der Waals surface area contributed by atoms with Gasteiger partial charge in [0.05, 0.1) is 5.52 Å². The smallest absolute Gasteiger partial charge is 0.138 e. The third-order valence-corrected chi connectivity index (χ3v) is 3.48. The van der Waals surface area contributed by atoms with Crippen molar-refractivity contribution >= 4 is 10.9 Å². The van der Waals surface area contributed by atoms with Gasteiger partial charge in [0.25, 0.3) is 0 Å². The van der Waals surface area contributed by atoms with Gasteiger partial charge in [-0.15, -0.1) is 0 Å². The van der Waals surface area contributed by atoms with Gasteiger partial charge in [-0.1, -0.05) is 17.7 Å². The zero-order chi connectivity index (χ0) is 15.0. The number of nitrogens with zero attached hydrogens (tertiary/aromatic N) is 1. The van der Waals surface area contributed by atoms with Gasteiger partial charge in [0, 0.05) is 17.1 Å². The van der Waals surface area contributed by atoms with Gasteiger partial charge in [-0.25, -0.2) is 0 Å². The molecular weight excluding hydrogens is 258 g/mol. The van der Waals surface area contributed by atoms with Crippen LogP contribution >= 0.6 is 0 Å². The summed E-state index contributed by atoms with van der Waals surface area (Å²) >= 11 is 0. The fraction of sp³-hybridized carbons (Fsp3) is 0.211. The number of aromatic nitrogens is 1. The van der Waals surface area contributed by atoms with Crippen LogP contribution < -0.4 is 4.74 Å². The Morgan fingerprint density at radius 3 is 2.19 bits per heavy atom. The van der Waals surface area contributed by atoms with Gasteiger partial charge >= 0.3 is 0 Å². The van der Waals surface area contributed by atoms with E-state index in [0.717, 1.165) is 28.1 Å². The molecule has 21 heavy (non-hydrogen) atoms. The topological polar surface area (TPSA) is 22.1 Å². The Balaban J connectivity index is 2.13. The lowest BCUT2D eigenvalue weighted by atomic mass is 10.1. The van der Waals surface area contributed by atoms with Crippen molar-refractivity contribution in [1.29, 1.82) is 0 Å². The third-order valence-electron chi connectivity index (χ3n) is 3.48. The molecule has 1 aromatic heterocycles. The van der Waals surface area contributed by atoms with Crippen LogP contribution in [-0.4, -0.2) is 4.98 Å². The molecule has 0 radical (unpaired) electrons. The number of hydrogen-bond donors (Lipinski definition) is 0. The molecule has 0 spiro atoms. The summed E-state index contributed by atoms with van der Waals surface area (Å²) < 4.78 is 6.15. The molecule has 0 unspecified atom stereocenters. The summed E-state index contributed by atoms with van der Waals surface area (Å²) in [6.07, 6.45) is 0. The minimum Gasteiger partial charge on any atom is -0.457 e. The first-order chi connectivity index (χ1) is 10.0. The van der Waals surface area contributed by atoms with Crippen LogP contribution in [0.1, 0.15) is 22.4 Å². The van der Waals surface area contributed by atoms with E-state index in [4.69, 9.17) is 4.74 Å². The maximum atomic E-state index is 6.15. The number of fused-ring (bicyclic) bond motifs is 1. The molecule has 2 heteroatoms. The van der Waals surface area contributed by atoms with Crippen LogP contribution in [-0.2, 0) is 0 Å². The largest absolute Gasteiger partial charge is 0.457 e. The van der Waals surface area contributed by atoms with Crippen molar-refractivity contribution in [1.82, 2.24) is 4.98 Å². The highest BCUT2D eigenvalue weighted by molar-refractivity contribution is 5.86. The highest BCUT2D eigenvalue weighted by atomic mass is 16.5. The first-order valence-electron chi connectivity index (χ1n) is 7.15. The number of pyridine rings is 1. The predicted octanol–water partition coefficient (Wildman–Crippen LogP) is 5.26. The Morgan fingerprint density at radius 1 is 0.762 bits per heavy atom. The minimum absolute atomic E-state index is 0.867. The standard InChI is InChI=1S/C19H19NO/c1-12-5-6-18-17(10-12)19(11-15(4)20-18)21-16-8-13(2)7-14(3)9-16/h5-11H,1-4H3. The lowest BCUT2D eigenvalue weighted by molar-refractivity contribution is 0.486. The zero-order valence-corrected chi connectivity index (χ0v) is 12.9. The van der Waals surface area contributed by atoms with Crippen LogP contribution in [0.4, 0.5) is 0 Å². The van der Waals surface area contributed by atoms with Crippen molar-refractivity contribution < 1.29 is 4.74 Å². The molecule has 0 bridgehead atoms. The van der Waals surface area contributed by atoms with Gasteiger partial charge in [-0.2, -0.15) is 0 Å². The molecule has 0 N–H and O–H groups in total. The summed E-state index contributed by atoms with van der Waals surface area (Å²) in [6.45, 7) is 8.24. The molecule has 0 aliphatic rings. The summed E-state index contributed by atoms with van der Waals surface area (Å²) in [6, 6.07) is 14.5. The second-order valence-corrected chi connectivity index (χ2v) is 5.71. The molecule has 1 heterocycles. The fourth-order valence-corrected chi connectivity index (χ4v) is 2.64. The van der Waals surface area contributed by atoms with Gasteiger partial charge in [-0.05, 0) is 63.1 Å². The number of ether oxygens (including phenoxy) is 1. The van der Waals surface area contributed by atoms with E-state index in [1.165, 1.54) is 16.7 Å². The quantitative estimate of drug-likeness (QED) is 0.637. The molecule has 3 rings (SSSR count). The van der Waals surface area contributed by atoms with E-state index >= 15 is 0 Å². The Bertz CT molecular complexity index is 801. The van der Waals surface area contributed by atoms with Gasteiger partial charge in [0.2, 0.25) is 0 Å². The molecule has 0 aliphatic heterocycles. The van der Waals surface area contributed by atoms with Gasteiger partial charge in [0.15, 0.2) is 0 Å². The molecule has 106 valence electrons. The van der Waals surface area contributed by atoms with Gasteiger partial charge < -0.3 is 4.74 Å². The van der Waals surface area contributed by atoms with E-state index < -0.39 is 0 Å². The maximum Gasteiger partial charge on any atom is 0.138 e. The monoisotopic (exact) mass is 277 g/mol. The van der Waals surface area contributed by atoms with Crippen LogP contribution in [0.3, 0.4) is 0 Å². The molecule has 0 saturated heterocycles. The summed E-state index contributed by atoms with van der Waals surface area (Å²) in [4.78, 5) is 4.57. The molecule has 2 nitrogen and oxygen atoms in total. The van der Waals surface area contributed by atoms with Crippen molar-refractivity contribution in [2.45, 2.75) is 27.7 Å². The third kappa shape index (κ3) is 2.89. The van der Waals surface area contributed by atoms with Crippen molar-refractivity contribution in [2.75, 3.05) is 0 Å². The van der Waals surface area contributed by atoms with Crippen LogP contribution in [0.25, 0.3) is 10.9 Å². The van der Waals surface area contributed by atoms with E-state index in [9.17, 15) is 0 Å². The highest BCUT2D eigenvalue weighted by Crippen LogP contribution is 2.31. The van der Waals surface area contributed by atoms with Crippen molar-refractivity contribution in [2.24, 2.45) is 0 Å².